The molecule has 2 nitrogen and oxygen atoms in total. The second-order valence-corrected chi connectivity index (χ2v) is 5.77. The van der Waals surface area contributed by atoms with Gasteiger partial charge in [-0.05, 0) is 31.0 Å². The number of benzene rings is 1. The van der Waals surface area contributed by atoms with Crippen LogP contribution < -0.4 is 5.73 Å². The molecule has 0 atom stereocenters. The minimum absolute atomic E-state index is 0.588. The van der Waals surface area contributed by atoms with Crippen LogP contribution in [-0.4, -0.2) is 0 Å². The van der Waals surface area contributed by atoms with Gasteiger partial charge in [-0.25, -0.2) is 0 Å². The van der Waals surface area contributed by atoms with E-state index < -0.39 is 0 Å². The Bertz CT molecular complexity index is 623. The molecule has 0 unspecified atom stereocenters. The van der Waals surface area contributed by atoms with E-state index in [1.807, 2.05) is 13.8 Å². The lowest BCUT2D eigenvalue weighted by molar-refractivity contribution is 1.44. The van der Waals surface area contributed by atoms with E-state index in [1.54, 1.807) is 0 Å². The summed E-state index contributed by atoms with van der Waals surface area (Å²) in [6, 6.07) is 8.31. The molecule has 0 bridgehead atoms. The standard InChI is InChI=1S/C13H11BrN2S/c1-7-3-4-9(10(14)5-7)13-8(2)12(16)11(6-15)17-13/h3-5H,16H2,1-2H3. The molecule has 0 fully saturated rings. The monoisotopic (exact) mass is 306 g/mol. The minimum Gasteiger partial charge on any atom is -0.397 e. The van der Waals surface area contributed by atoms with Gasteiger partial charge in [0.1, 0.15) is 10.9 Å². The summed E-state index contributed by atoms with van der Waals surface area (Å²) in [7, 11) is 0. The van der Waals surface area contributed by atoms with Crippen LogP contribution >= 0.6 is 27.3 Å². The van der Waals surface area contributed by atoms with Gasteiger partial charge in [-0.2, -0.15) is 5.26 Å². The molecule has 4 heteroatoms. The van der Waals surface area contributed by atoms with Crippen molar-refractivity contribution in [2.45, 2.75) is 13.8 Å². The van der Waals surface area contributed by atoms with Crippen molar-refractivity contribution in [1.29, 1.82) is 5.26 Å². The molecule has 0 amide bonds. The number of nitrogens with two attached hydrogens (primary N) is 1. The minimum atomic E-state index is 0.588. The molecule has 1 aromatic heterocycles. The van der Waals surface area contributed by atoms with Crippen LogP contribution in [0.15, 0.2) is 22.7 Å². The first-order valence-corrected chi connectivity index (χ1v) is 6.71. The Hall–Kier alpha value is -1.31. The van der Waals surface area contributed by atoms with Gasteiger partial charge in [-0.15, -0.1) is 11.3 Å². The van der Waals surface area contributed by atoms with Crippen LogP contribution in [0.25, 0.3) is 10.4 Å². The summed E-state index contributed by atoms with van der Waals surface area (Å²) < 4.78 is 1.03. The van der Waals surface area contributed by atoms with Crippen molar-refractivity contribution in [1.82, 2.24) is 0 Å². The predicted molar refractivity (Wildman–Crippen MR) is 76.1 cm³/mol. The molecule has 17 heavy (non-hydrogen) atoms. The van der Waals surface area contributed by atoms with Crippen LogP contribution in [0, 0.1) is 25.2 Å². The Morgan fingerprint density at radius 2 is 2.06 bits per heavy atom. The number of nitrogens with zero attached hydrogens (tertiary/aromatic N) is 1. The van der Waals surface area contributed by atoms with E-state index in [1.165, 1.54) is 16.9 Å². The zero-order valence-corrected chi connectivity index (χ0v) is 11.9. The average molecular weight is 307 g/mol. The number of thiophene rings is 1. The fourth-order valence-electron chi connectivity index (χ4n) is 1.67. The summed E-state index contributed by atoms with van der Waals surface area (Å²) in [4.78, 5) is 1.65. The molecular formula is C13H11BrN2S. The fourth-order valence-corrected chi connectivity index (χ4v) is 3.56. The lowest BCUT2D eigenvalue weighted by atomic mass is 10.1. The molecule has 1 aromatic carbocycles. The molecule has 0 aliphatic carbocycles. The number of halogens is 1. The Kier molecular flexibility index (Phi) is 3.23. The van der Waals surface area contributed by atoms with Gasteiger partial charge < -0.3 is 5.73 Å². The summed E-state index contributed by atoms with van der Waals surface area (Å²) in [6.07, 6.45) is 0. The topological polar surface area (TPSA) is 49.8 Å². The van der Waals surface area contributed by atoms with E-state index in [0.29, 0.717) is 10.6 Å². The van der Waals surface area contributed by atoms with Crippen LogP contribution in [0.1, 0.15) is 16.0 Å². The quantitative estimate of drug-likeness (QED) is 0.856. The molecule has 2 N–H and O–H groups in total. The molecule has 0 saturated carbocycles. The van der Waals surface area contributed by atoms with E-state index in [9.17, 15) is 0 Å². The number of aryl methyl sites for hydroxylation is 1. The van der Waals surface area contributed by atoms with Crippen molar-refractivity contribution in [3.8, 4) is 16.5 Å². The summed E-state index contributed by atoms with van der Waals surface area (Å²) in [5.74, 6) is 0. The van der Waals surface area contributed by atoms with E-state index in [-0.39, 0.29) is 0 Å². The van der Waals surface area contributed by atoms with Crippen LogP contribution in [0.5, 0.6) is 0 Å². The highest BCUT2D eigenvalue weighted by atomic mass is 79.9. The van der Waals surface area contributed by atoms with E-state index in [2.05, 4.69) is 40.2 Å². The van der Waals surface area contributed by atoms with Crippen LogP contribution in [0.3, 0.4) is 0 Å². The second-order valence-electron chi connectivity index (χ2n) is 3.89. The molecule has 0 saturated heterocycles. The molecule has 86 valence electrons. The number of nitriles is 1. The molecule has 0 aliphatic heterocycles. The Labute approximate surface area is 113 Å². The number of hydrogen-bond acceptors (Lipinski definition) is 3. The van der Waals surface area contributed by atoms with Gasteiger partial charge in [0.25, 0.3) is 0 Å². The highest BCUT2D eigenvalue weighted by molar-refractivity contribution is 9.10. The Morgan fingerprint density at radius 1 is 1.35 bits per heavy atom. The third-order valence-corrected chi connectivity index (χ3v) is 4.57. The van der Waals surface area contributed by atoms with Crippen molar-refractivity contribution in [3.63, 3.8) is 0 Å². The van der Waals surface area contributed by atoms with Crippen molar-refractivity contribution < 1.29 is 0 Å². The number of anilines is 1. The first-order chi connectivity index (χ1) is 8.04. The van der Waals surface area contributed by atoms with Crippen molar-refractivity contribution in [2.75, 3.05) is 5.73 Å². The largest absolute Gasteiger partial charge is 0.397 e. The summed E-state index contributed by atoms with van der Waals surface area (Å²) >= 11 is 5.00. The van der Waals surface area contributed by atoms with Crippen LogP contribution in [-0.2, 0) is 0 Å². The second kappa shape index (κ2) is 4.52. The van der Waals surface area contributed by atoms with Gasteiger partial charge in [0.2, 0.25) is 0 Å². The van der Waals surface area contributed by atoms with Gasteiger partial charge in [-0.3, -0.25) is 0 Å². The molecule has 1 heterocycles. The molecular weight excluding hydrogens is 296 g/mol. The van der Waals surface area contributed by atoms with E-state index in [4.69, 9.17) is 11.0 Å². The SMILES string of the molecule is Cc1ccc(-c2sc(C#N)c(N)c2C)c(Br)c1. The van der Waals surface area contributed by atoms with Crippen molar-refractivity contribution >= 4 is 33.0 Å². The first kappa shape index (κ1) is 12.2. The van der Waals surface area contributed by atoms with Crippen molar-refractivity contribution in [2.24, 2.45) is 0 Å². The summed E-state index contributed by atoms with van der Waals surface area (Å²) in [5, 5.41) is 8.99. The van der Waals surface area contributed by atoms with Crippen LogP contribution in [0.4, 0.5) is 5.69 Å². The molecule has 0 aliphatic rings. The maximum Gasteiger partial charge on any atom is 0.128 e. The lowest BCUT2D eigenvalue weighted by Gasteiger charge is -2.04. The number of hydrogen-bond donors (Lipinski definition) is 1. The molecule has 0 radical (unpaired) electrons. The zero-order chi connectivity index (χ0) is 12.6. The van der Waals surface area contributed by atoms with Gasteiger partial charge in [-0.1, -0.05) is 28.1 Å². The van der Waals surface area contributed by atoms with Crippen LogP contribution in [0.2, 0.25) is 0 Å². The van der Waals surface area contributed by atoms with Gasteiger partial charge in [0, 0.05) is 14.9 Å². The van der Waals surface area contributed by atoms with Gasteiger partial charge >= 0.3 is 0 Å². The summed E-state index contributed by atoms with van der Waals surface area (Å²) in [6.45, 7) is 4.00. The van der Waals surface area contributed by atoms with Gasteiger partial charge in [0.05, 0.1) is 5.69 Å². The average Bonchev–Trinajstić information content (AvgIpc) is 2.57. The van der Waals surface area contributed by atoms with Gasteiger partial charge in [0.15, 0.2) is 0 Å². The molecule has 0 spiro atoms. The third-order valence-electron chi connectivity index (χ3n) is 2.66. The number of rotatable bonds is 1. The first-order valence-electron chi connectivity index (χ1n) is 5.10. The maximum atomic E-state index is 8.99. The Morgan fingerprint density at radius 3 is 2.59 bits per heavy atom. The summed E-state index contributed by atoms with van der Waals surface area (Å²) in [5.41, 5.74) is 9.77. The fraction of sp³-hybridized carbons (Fsp3) is 0.154. The van der Waals surface area contributed by atoms with E-state index >= 15 is 0 Å². The Balaban J connectivity index is 2.65. The van der Waals surface area contributed by atoms with Crippen molar-refractivity contribution in [3.05, 3.63) is 38.7 Å². The third kappa shape index (κ3) is 2.08. The smallest absolute Gasteiger partial charge is 0.128 e. The number of nitrogen functional groups attached to an aromatic ring is 1. The zero-order valence-electron chi connectivity index (χ0n) is 9.54. The molecule has 2 aromatic rings. The highest BCUT2D eigenvalue weighted by Gasteiger charge is 2.15. The lowest BCUT2D eigenvalue weighted by Crippen LogP contribution is -1.88. The predicted octanol–water partition coefficient (Wildman–Crippen LogP) is 4.25. The van der Waals surface area contributed by atoms with E-state index in [0.717, 1.165) is 20.5 Å². The molecule has 2 rings (SSSR count). The maximum absolute atomic E-state index is 8.99. The normalized spacial score (nSPS) is 10.2. The highest BCUT2D eigenvalue weighted by Crippen LogP contribution is 2.40.